The molecule has 0 saturated carbocycles. The van der Waals surface area contributed by atoms with Gasteiger partial charge in [-0.25, -0.2) is 0 Å². The van der Waals surface area contributed by atoms with Crippen LogP contribution in [0.25, 0.3) is 6.08 Å². The highest BCUT2D eigenvalue weighted by Gasteiger charge is 1.93. The maximum absolute atomic E-state index is 10.4. The van der Waals surface area contributed by atoms with Gasteiger partial charge >= 0.3 is 0 Å². The van der Waals surface area contributed by atoms with E-state index in [9.17, 15) is 4.79 Å². The molecular weight excluding hydrogens is 160 g/mol. The maximum atomic E-state index is 10.4. The summed E-state index contributed by atoms with van der Waals surface area (Å²) in [6.07, 6.45) is 2.76. The van der Waals surface area contributed by atoms with Gasteiger partial charge in [0, 0.05) is 0 Å². The normalized spacial score (nSPS) is 11.5. The lowest BCUT2D eigenvalue weighted by molar-refractivity contribution is -0.104. The fourth-order valence-corrected chi connectivity index (χ4v) is 1.15. The van der Waals surface area contributed by atoms with Gasteiger partial charge in [0.05, 0.1) is 0 Å². The second-order valence-corrected chi connectivity index (χ2v) is 3.35. The Hall–Kier alpha value is -1.37. The lowest BCUT2D eigenvalue weighted by atomic mass is 10.1. The van der Waals surface area contributed by atoms with Crippen molar-refractivity contribution in [3.63, 3.8) is 0 Å². The van der Waals surface area contributed by atoms with Gasteiger partial charge in [0.1, 0.15) is 6.29 Å². The number of benzene rings is 1. The largest absolute Gasteiger partial charge is 0.298 e. The molecule has 1 aromatic carbocycles. The quantitative estimate of drug-likeness (QED) is 0.497. The van der Waals surface area contributed by atoms with Crippen LogP contribution in [-0.4, -0.2) is 6.29 Å². The number of aldehydes is 1. The zero-order valence-electron chi connectivity index (χ0n) is 8.29. The second-order valence-electron chi connectivity index (χ2n) is 3.35. The molecule has 0 radical (unpaired) electrons. The summed E-state index contributed by atoms with van der Waals surface area (Å²) in [5.41, 5.74) is 4.38. The molecule has 0 aliphatic carbocycles. The zero-order valence-corrected chi connectivity index (χ0v) is 8.29. The standard InChI is InChI=1S/C12H14O/c1-9(8-13)6-12-5-4-10(2)11(3)7-12/h4-8H,1-3H3/b9-6+. The summed E-state index contributed by atoms with van der Waals surface area (Å²) in [6, 6.07) is 6.18. The van der Waals surface area contributed by atoms with E-state index < -0.39 is 0 Å². The Kier molecular flexibility index (Phi) is 3.02. The summed E-state index contributed by atoms with van der Waals surface area (Å²) in [5.74, 6) is 0. The molecule has 0 aliphatic heterocycles. The van der Waals surface area contributed by atoms with Gasteiger partial charge in [0.15, 0.2) is 0 Å². The molecule has 0 atom stereocenters. The highest BCUT2D eigenvalue weighted by molar-refractivity contribution is 5.80. The second kappa shape index (κ2) is 4.04. The van der Waals surface area contributed by atoms with Crippen molar-refractivity contribution in [2.45, 2.75) is 20.8 Å². The Bertz CT molecular complexity index is 348. The molecule has 1 heteroatoms. The van der Waals surface area contributed by atoms with Crippen LogP contribution in [-0.2, 0) is 4.79 Å². The van der Waals surface area contributed by atoms with Crippen molar-refractivity contribution in [2.24, 2.45) is 0 Å². The van der Waals surface area contributed by atoms with E-state index in [0.717, 1.165) is 17.4 Å². The number of rotatable bonds is 2. The molecule has 0 fully saturated rings. The average Bonchev–Trinajstić information content (AvgIpc) is 2.11. The topological polar surface area (TPSA) is 17.1 Å². The van der Waals surface area contributed by atoms with E-state index in [2.05, 4.69) is 26.0 Å². The number of carbonyl (C=O) groups excluding carboxylic acids is 1. The first-order valence-corrected chi connectivity index (χ1v) is 4.34. The van der Waals surface area contributed by atoms with Crippen LogP contribution in [0.1, 0.15) is 23.6 Å². The summed E-state index contributed by atoms with van der Waals surface area (Å²) in [6.45, 7) is 5.96. The van der Waals surface area contributed by atoms with E-state index in [4.69, 9.17) is 0 Å². The Labute approximate surface area is 79.1 Å². The summed E-state index contributed by atoms with van der Waals surface area (Å²) in [5, 5.41) is 0. The van der Waals surface area contributed by atoms with E-state index in [-0.39, 0.29) is 0 Å². The lowest BCUT2D eigenvalue weighted by Crippen LogP contribution is -1.83. The molecule has 0 unspecified atom stereocenters. The first-order chi connectivity index (χ1) is 6.13. The Morgan fingerprint density at radius 3 is 2.46 bits per heavy atom. The minimum absolute atomic E-state index is 0.753. The number of hydrogen-bond acceptors (Lipinski definition) is 1. The van der Waals surface area contributed by atoms with Crippen LogP contribution in [0.3, 0.4) is 0 Å². The van der Waals surface area contributed by atoms with Crippen LogP contribution in [0.15, 0.2) is 23.8 Å². The van der Waals surface area contributed by atoms with Crippen molar-refractivity contribution in [3.05, 3.63) is 40.5 Å². The van der Waals surface area contributed by atoms with Crippen molar-refractivity contribution < 1.29 is 4.79 Å². The van der Waals surface area contributed by atoms with Crippen molar-refractivity contribution >= 4 is 12.4 Å². The molecular formula is C12H14O. The number of hydrogen-bond donors (Lipinski definition) is 0. The third-order valence-electron chi connectivity index (χ3n) is 2.11. The van der Waals surface area contributed by atoms with Gasteiger partial charge < -0.3 is 0 Å². The van der Waals surface area contributed by atoms with Crippen LogP contribution in [0.5, 0.6) is 0 Å². The zero-order chi connectivity index (χ0) is 9.84. The predicted molar refractivity (Wildman–Crippen MR) is 55.6 cm³/mol. The monoisotopic (exact) mass is 174 g/mol. The smallest absolute Gasteiger partial charge is 0.145 e. The van der Waals surface area contributed by atoms with Crippen LogP contribution in [0, 0.1) is 13.8 Å². The molecule has 68 valence electrons. The molecule has 13 heavy (non-hydrogen) atoms. The molecule has 0 amide bonds. The molecule has 1 aromatic rings. The van der Waals surface area contributed by atoms with E-state index in [0.29, 0.717) is 0 Å². The lowest BCUT2D eigenvalue weighted by Gasteiger charge is -2.00. The number of allylic oxidation sites excluding steroid dienone is 1. The minimum Gasteiger partial charge on any atom is -0.298 e. The van der Waals surface area contributed by atoms with Crippen molar-refractivity contribution in [3.8, 4) is 0 Å². The molecule has 0 aliphatic rings. The highest BCUT2D eigenvalue weighted by atomic mass is 16.1. The Morgan fingerprint density at radius 1 is 1.23 bits per heavy atom. The maximum Gasteiger partial charge on any atom is 0.145 e. The number of carbonyl (C=O) groups is 1. The molecule has 1 nitrogen and oxygen atoms in total. The van der Waals surface area contributed by atoms with Crippen LogP contribution >= 0.6 is 0 Å². The van der Waals surface area contributed by atoms with Crippen molar-refractivity contribution in [1.29, 1.82) is 0 Å². The molecule has 0 N–H and O–H groups in total. The molecule has 0 heterocycles. The minimum atomic E-state index is 0.753. The molecule has 0 aromatic heterocycles. The highest BCUT2D eigenvalue weighted by Crippen LogP contribution is 2.12. The third-order valence-corrected chi connectivity index (χ3v) is 2.11. The Balaban J connectivity index is 3.04. The number of aryl methyl sites for hydroxylation is 2. The van der Waals surface area contributed by atoms with E-state index in [1.807, 2.05) is 19.1 Å². The van der Waals surface area contributed by atoms with Gasteiger partial charge in [-0.2, -0.15) is 0 Å². The summed E-state index contributed by atoms with van der Waals surface area (Å²) in [4.78, 5) is 10.4. The first kappa shape index (κ1) is 9.72. The SMILES string of the molecule is C/C(C=O)=C\c1ccc(C)c(C)c1. The fraction of sp³-hybridized carbons (Fsp3) is 0.250. The predicted octanol–water partition coefficient (Wildman–Crippen LogP) is 2.91. The fourth-order valence-electron chi connectivity index (χ4n) is 1.15. The van der Waals surface area contributed by atoms with Gasteiger partial charge in [-0.1, -0.05) is 18.2 Å². The summed E-state index contributed by atoms with van der Waals surface area (Å²) < 4.78 is 0. The molecule has 0 saturated heterocycles. The van der Waals surface area contributed by atoms with Gasteiger partial charge in [-0.3, -0.25) is 4.79 Å². The van der Waals surface area contributed by atoms with E-state index >= 15 is 0 Å². The molecule has 0 spiro atoms. The Morgan fingerprint density at radius 2 is 1.92 bits per heavy atom. The van der Waals surface area contributed by atoms with Crippen LogP contribution in [0.2, 0.25) is 0 Å². The summed E-state index contributed by atoms with van der Waals surface area (Å²) >= 11 is 0. The van der Waals surface area contributed by atoms with E-state index in [1.165, 1.54) is 11.1 Å². The van der Waals surface area contributed by atoms with Crippen molar-refractivity contribution in [2.75, 3.05) is 0 Å². The van der Waals surface area contributed by atoms with Crippen LogP contribution < -0.4 is 0 Å². The van der Waals surface area contributed by atoms with Gasteiger partial charge in [-0.05, 0) is 49.1 Å². The average molecular weight is 174 g/mol. The van der Waals surface area contributed by atoms with Gasteiger partial charge in [0.2, 0.25) is 0 Å². The first-order valence-electron chi connectivity index (χ1n) is 4.34. The third kappa shape index (κ3) is 2.55. The van der Waals surface area contributed by atoms with E-state index in [1.54, 1.807) is 0 Å². The van der Waals surface area contributed by atoms with Gasteiger partial charge in [-0.15, -0.1) is 0 Å². The van der Waals surface area contributed by atoms with Crippen LogP contribution in [0.4, 0.5) is 0 Å². The molecule has 1 rings (SSSR count). The summed E-state index contributed by atoms with van der Waals surface area (Å²) in [7, 11) is 0. The van der Waals surface area contributed by atoms with Crippen molar-refractivity contribution in [1.82, 2.24) is 0 Å². The van der Waals surface area contributed by atoms with Gasteiger partial charge in [0.25, 0.3) is 0 Å². The molecule has 0 bridgehead atoms.